The van der Waals surface area contributed by atoms with Gasteiger partial charge >= 0.3 is 5.97 Å². The highest BCUT2D eigenvalue weighted by atomic mass is 16.4. The number of aliphatic carboxylic acids is 1. The average molecular weight is 170 g/mol. The third-order valence-corrected chi connectivity index (χ3v) is 1.81. The fourth-order valence-electron chi connectivity index (χ4n) is 1.09. The van der Waals surface area contributed by atoms with E-state index in [-0.39, 0.29) is 12.0 Å². The second kappa shape index (κ2) is 3.08. The van der Waals surface area contributed by atoms with Gasteiger partial charge < -0.3 is 15.3 Å². The summed E-state index contributed by atoms with van der Waals surface area (Å²) in [5, 5.41) is 26.8. The monoisotopic (exact) mass is 170 g/mol. The van der Waals surface area contributed by atoms with E-state index in [9.17, 15) is 4.79 Å². The Balaban J connectivity index is 2.88. The molecule has 1 rings (SSSR count). The first-order valence-corrected chi connectivity index (χ1v) is 3.50. The van der Waals surface area contributed by atoms with E-state index >= 15 is 0 Å². The van der Waals surface area contributed by atoms with Crippen molar-refractivity contribution < 1.29 is 20.1 Å². The number of aliphatic hydroxyl groups is 2. The molecule has 1 aliphatic carbocycles. The van der Waals surface area contributed by atoms with Crippen molar-refractivity contribution in [1.29, 1.82) is 0 Å². The fourth-order valence-corrected chi connectivity index (χ4v) is 1.09. The van der Waals surface area contributed by atoms with E-state index in [1.165, 1.54) is 0 Å². The quantitative estimate of drug-likeness (QED) is 0.471. The van der Waals surface area contributed by atoms with Crippen LogP contribution in [0.5, 0.6) is 0 Å². The second-order valence-corrected chi connectivity index (χ2v) is 2.77. The van der Waals surface area contributed by atoms with E-state index in [1.54, 1.807) is 0 Å². The fraction of sp³-hybridized carbons (Fsp3) is 0.375. The average Bonchev–Trinajstić information content (AvgIpc) is 1.99. The van der Waals surface area contributed by atoms with Gasteiger partial charge in [-0.25, -0.2) is 4.79 Å². The summed E-state index contributed by atoms with van der Waals surface area (Å²) in [6.07, 6.45) is -0.916. The lowest BCUT2D eigenvalue weighted by Gasteiger charge is -2.23. The molecule has 0 fully saturated rings. The zero-order chi connectivity index (χ0) is 9.30. The summed E-state index contributed by atoms with van der Waals surface area (Å²) in [7, 11) is 0. The molecular formula is C8H10O4. The lowest BCUT2D eigenvalue weighted by atomic mass is 9.91. The molecule has 0 unspecified atom stereocenters. The maximum absolute atomic E-state index is 10.4. The molecule has 12 heavy (non-hydrogen) atoms. The summed E-state index contributed by atoms with van der Waals surface area (Å²) in [6.45, 7) is 3.46. The second-order valence-electron chi connectivity index (χ2n) is 2.77. The van der Waals surface area contributed by atoms with Gasteiger partial charge in [0.15, 0.2) is 0 Å². The van der Waals surface area contributed by atoms with E-state index in [0.717, 1.165) is 6.08 Å². The molecule has 0 radical (unpaired) electrons. The molecule has 2 atom stereocenters. The minimum Gasteiger partial charge on any atom is -0.478 e. The van der Waals surface area contributed by atoms with Crippen LogP contribution in [0, 0.1) is 0 Å². The summed E-state index contributed by atoms with van der Waals surface area (Å²) in [4.78, 5) is 10.4. The first-order valence-electron chi connectivity index (χ1n) is 3.50. The number of carboxylic acids is 1. The highest BCUT2D eigenvalue weighted by molar-refractivity contribution is 5.87. The Kier molecular flexibility index (Phi) is 2.30. The van der Waals surface area contributed by atoms with Crippen LogP contribution in [0.25, 0.3) is 0 Å². The maximum Gasteiger partial charge on any atom is 0.331 e. The van der Waals surface area contributed by atoms with Gasteiger partial charge in [-0.05, 0) is 11.6 Å². The van der Waals surface area contributed by atoms with Crippen LogP contribution in [0.3, 0.4) is 0 Å². The van der Waals surface area contributed by atoms with Crippen LogP contribution in [0.15, 0.2) is 23.8 Å². The molecule has 4 heteroatoms. The van der Waals surface area contributed by atoms with Crippen molar-refractivity contribution in [2.45, 2.75) is 18.6 Å². The Morgan fingerprint density at radius 3 is 2.58 bits per heavy atom. The molecule has 4 nitrogen and oxygen atoms in total. The predicted molar refractivity (Wildman–Crippen MR) is 41.5 cm³/mol. The molecule has 66 valence electrons. The number of carbonyl (C=O) groups is 1. The maximum atomic E-state index is 10.4. The lowest BCUT2D eigenvalue weighted by molar-refractivity contribution is -0.133. The van der Waals surface area contributed by atoms with E-state index in [0.29, 0.717) is 5.57 Å². The van der Waals surface area contributed by atoms with Gasteiger partial charge in [0.05, 0.1) is 0 Å². The molecular weight excluding hydrogens is 160 g/mol. The number of carboxylic acid groups (broad SMARTS) is 1. The minimum atomic E-state index is -1.14. The van der Waals surface area contributed by atoms with Gasteiger partial charge in [-0.3, -0.25) is 0 Å². The Labute approximate surface area is 69.5 Å². The Morgan fingerprint density at radius 2 is 2.17 bits per heavy atom. The summed E-state index contributed by atoms with van der Waals surface area (Å²) < 4.78 is 0. The predicted octanol–water partition coefficient (Wildman–Crippen LogP) is -0.321. The third kappa shape index (κ3) is 1.54. The normalized spacial score (nSPS) is 29.8. The summed E-state index contributed by atoms with van der Waals surface area (Å²) in [5.41, 5.74) is 0.417. The highest BCUT2D eigenvalue weighted by Crippen LogP contribution is 2.22. The molecule has 0 aromatic carbocycles. The van der Waals surface area contributed by atoms with E-state index in [1.807, 2.05) is 0 Å². The largest absolute Gasteiger partial charge is 0.478 e. The van der Waals surface area contributed by atoms with E-state index in [2.05, 4.69) is 6.58 Å². The molecule has 0 saturated heterocycles. The van der Waals surface area contributed by atoms with E-state index < -0.39 is 18.2 Å². The third-order valence-electron chi connectivity index (χ3n) is 1.81. The van der Waals surface area contributed by atoms with Crippen LogP contribution in [-0.4, -0.2) is 33.5 Å². The van der Waals surface area contributed by atoms with Gasteiger partial charge in [-0.2, -0.15) is 0 Å². The van der Waals surface area contributed by atoms with Crippen LogP contribution in [0.1, 0.15) is 6.42 Å². The van der Waals surface area contributed by atoms with Crippen LogP contribution < -0.4 is 0 Å². The van der Waals surface area contributed by atoms with Crippen LogP contribution in [-0.2, 0) is 4.79 Å². The lowest BCUT2D eigenvalue weighted by Crippen LogP contribution is -2.30. The van der Waals surface area contributed by atoms with Gasteiger partial charge in [0.25, 0.3) is 0 Å². The molecule has 0 spiro atoms. The Bertz CT molecular complexity index is 254. The molecule has 0 saturated carbocycles. The van der Waals surface area contributed by atoms with Crippen molar-refractivity contribution in [1.82, 2.24) is 0 Å². The van der Waals surface area contributed by atoms with Gasteiger partial charge in [0.2, 0.25) is 0 Å². The van der Waals surface area contributed by atoms with Gasteiger partial charge in [-0.1, -0.05) is 6.58 Å². The van der Waals surface area contributed by atoms with Crippen molar-refractivity contribution in [2.24, 2.45) is 0 Å². The van der Waals surface area contributed by atoms with Crippen molar-refractivity contribution in [3.63, 3.8) is 0 Å². The van der Waals surface area contributed by atoms with Crippen molar-refractivity contribution in [3.05, 3.63) is 23.8 Å². The topological polar surface area (TPSA) is 77.8 Å². The van der Waals surface area contributed by atoms with Crippen LogP contribution in [0.4, 0.5) is 0 Å². The smallest absolute Gasteiger partial charge is 0.331 e. The van der Waals surface area contributed by atoms with E-state index in [4.69, 9.17) is 15.3 Å². The minimum absolute atomic E-state index is 0.0813. The molecule has 0 aliphatic heterocycles. The van der Waals surface area contributed by atoms with Crippen molar-refractivity contribution in [3.8, 4) is 0 Å². The zero-order valence-electron chi connectivity index (χ0n) is 6.40. The standard InChI is InChI=1S/C8H10O4/c1-4-2-5(8(11)12)3-6(9)7(4)10/h3,6-7,9-10H,1-2H2,(H,11,12)/t6-,7+/m1/s1. The first-order chi connectivity index (χ1) is 5.52. The molecule has 0 aromatic rings. The number of aliphatic hydroxyl groups excluding tert-OH is 2. The molecule has 0 amide bonds. The number of hydrogen-bond donors (Lipinski definition) is 3. The molecule has 1 aliphatic rings. The van der Waals surface area contributed by atoms with Crippen LogP contribution in [0.2, 0.25) is 0 Å². The van der Waals surface area contributed by atoms with Gasteiger partial charge in [0.1, 0.15) is 12.2 Å². The summed E-state index contributed by atoms with van der Waals surface area (Å²) in [5.74, 6) is -1.08. The number of rotatable bonds is 1. The SMILES string of the molecule is C=C1CC(C(=O)O)=C[C@@H](O)[C@H]1O. The Hall–Kier alpha value is -1.13. The molecule has 0 bridgehead atoms. The summed E-state index contributed by atoms with van der Waals surface area (Å²) in [6, 6.07) is 0. The van der Waals surface area contributed by atoms with Gasteiger partial charge in [-0.15, -0.1) is 0 Å². The molecule has 0 heterocycles. The zero-order valence-corrected chi connectivity index (χ0v) is 6.40. The van der Waals surface area contributed by atoms with Crippen molar-refractivity contribution >= 4 is 5.97 Å². The van der Waals surface area contributed by atoms with Crippen molar-refractivity contribution in [2.75, 3.05) is 0 Å². The first kappa shape index (κ1) is 8.96. The molecule has 0 aromatic heterocycles. The van der Waals surface area contributed by atoms with Gasteiger partial charge in [0, 0.05) is 12.0 Å². The van der Waals surface area contributed by atoms with Crippen LogP contribution >= 0.6 is 0 Å². The Morgan fingerprint density at radius 1 is 1.58 bits per heavy atom. The molecule has 3 N–H and O–H groups in total. The summed E-state index contributed by atoms with van der Waals surface area (Å²) >= 11 is 0. The highest BCUT2D eigenvalue weighted by Gasteiger charge is 2.26. The number of hydrogen-bond acceptors (Lipinski definition) is 3.